The maximum atomic E-state index is 13.0. The van der Waals surface area contributed by atoms with Gasteiger partial charge in [0.1, 0.15) is 11.5 Å². The Kier molecular flexibility index (Phi) is 4.25. The fourth-order valence-corrected chi connectivity index (χ4v) is 2.43. The van der Waals surface area contributed by atoms with Crippen LogP contribution in [-0.4, -0.2) is 15.7 Å². The van der Waals surface area contributed by atoms with Gasteiger partial charge in [0.2, 0.25) is 0 Å². The fraction of sp³-hybridized carbons (Fsp3) is 0.0588. The van der Waals surface area contributed by atoms with Crippen molar-refractivity contribution in [1.29, 1.82) is 0 Å². The van der Waals surface area contributed by atoms with Gasteiger partial charge >= 0.3 is 0 Å². The molecule has 1 aromatic heterocycles. The van der Waals surface area contributed by atoms with Crippen LogP contribution in [0.25, 0.3) is 11.3 Å². The maximum Gasteiger partial charge on any atom is 0.273 e. The minimum Gasteiger partial charge on any atom is -0.321 e. The minimum absolute atomic E-state index is 0.254. The molecule has 0 aliphatic carbocycles. The summed E-state index contributed by atoms with van der Waals surface area (Å²) in [6.07, 6.45) is 0. The van der Waals surface area contributed by atoms with Crippen LogP contribution in [0.5, 0.6) is 0 Å². The first-order valence-corrected chi connectivity index (χ1v) is 7.69. The summed E-state index contributed by atoms with van der Waals surface area (Å²) in [6.45, 7) is 0. The van der Waals surface area contributed by atoms with Crippen molar-refractivity contribution in [2.24, 2.45) is 7.05 Å². The molecule has 1 N–H and O–H groups in total. The van der Waals surface area contributed by atoms with Gasteiger partial charge in [0, 0.05) is 22.8 Å². The summed E-state index contributed by atoms with van der Waals surface area (Å²) >= 11 is 3.35. The van der Waals surface area contributed by atoms with Gasteiger partial charge < -0.3 is 5.32 Å². The lowest BCUT2D eigenvalue weighted by Gasteiger charge is -2.05. The van der Waals surface area contributed by atoms with Crippen LogP contribution in [0.2, 0.25) is 0 Å². The molecule has 0 spiro atoms. The Morgan fingerprint density at radius 3 is 2.43 bits per heavy atom. The van der Waals surface area contributed by atoms with E-state index in [1.165, 1.54) is 16.8 Å². The van der Waals surface area contributed by atoms with Crippen molar-refractivity contribution in [2.75, 3.05) is 5.32 Å². The quantitative estimate of drug-likeness (QED) is 0.746. The molecule has 0 aliphatic rings. The first kappa shape index (κ1) is 15.4. The minimum atomic E-state index is -0.308. The molecule has 23 heavy (non-hydrogen) atoms. The van der Waals surface area contributed by atoms with Crippen LogP contribution in [0.15, 0.2) is 59.1 Å². The molecule has 0 bridgehead atoms. The van der Waals surface area contributed by atoms with Crippen LogP contribution in [0.1, 0.15) is 10.5 Å². The smallest absolute Gasteiger partial charge is 0.273 e. The second kappa shape index (κ2) is 6.34. The van der Waals surface area contributed by atoms with Crippen molar-refractivity contribution < 1.29 is 9.18 Å². The summed E-state index contributed by atoms with van der Waals surface area (Å²) in [4.78, 5) is 12.4. The lowest BCUT2D eigenvalue weighted by atomic mass is 10.1. The van der Waals surface area contributed by atoms with E-state index in [1.807, 2.05) is 12.1 Å². The number of carbonyl (C=O) groups is 1. The highest BCUT2D eigenvalue weighted by atomic mass is 79.9. The molecule has 0 saturated heterocycles. The van der Waals surface area contributed by atoms with Crippen molar-refractivity contribution in [2.45, 2.75) is 0 Å². The number of halogens is 2. The summed E-state index contributed by atoms with van der Waals surface area (Å²) in [5.41, 5.74) is 2.49. The van der Waals surface area contributed by atoms with Crippen LogP contribution in [-0.2, 0) is 7.05 Å². The summed E-state index contributed by atoms with van der Waals surface area (Å²) in [5.74, 6) is -0.562. The molecule has 0 atom stereocenters. The Balaban J connectivity index is 1.84. The molecule has 0 radical (unpaired) electrons. The Bertz CT molecular complexity index is 841. The highest BCUT2D eigenvalue weighted by Crippen LogP contribution is 2.20. The number of hydrogen-bond donors (Lipinski definition) is 1. The van der Waals surface area contributed by atoms with Crippen molar-refractivity contribution in [3.63, 3.8) is 0 Å². The van der Waals surface area contributed by atoms with Gasteiger partial charge in [-0.05, 0) is 54.6 Å². The van der Waals surface area contributed by atoms with Crippen LogP contribution in [0, 0.1) is 5.82 Å². The van der Waals surface area contributed by atoms with E-state index in [1.54, 1.807) is 37.4 Å². The van der Waals surface area contributed by atoms with Gasteiger partial charge in [0.15, 0.2) is 0 Å². The standard InChI is InChI=1S/C17H13BrFN3O/c1-22-16(17(23)20-14-8-4-12(18)5-9-14)10-15(21-22)11-2-6-13(19)7-3-11/h2-10H,1H3,(H,20,23). The number of benzene rings is 2. The predicted octanol–water partition coefficient (Wildman–Crippen LogP) is 4.24. The van der Waals surface area contributed by atoms with Crippen molar-refractivity contribution in [3.05, 3.63) is 70.6 Å². The lowest BCUT2D eigenvalue weighted by Crippen LogP contribution is -2.15. The van der Waals surface area contributed by atoms with Gasteiger partial charge in [-0.1, -0.05) is 15.9 Å². The normalized spacial score (nSPS) is 10.6. The molecule has 0 fully saturated rings. The van der Waals surface area contributed by atoms with Crippen molar-refractivity contribution in [1.82, 2.24) is 9.78 Å². The Morgan fingerprint density at radius 1 is 1.13 bits per heavy atom. The number of nitrogens with one attached hydrogen (secondary N) is 1. The van der Waals surface area contributed by atoms with Crippen molar-refractivity contribution in [3.8, 4) is 11.3 Å². The maximum absolute atomic E-state index is 13.0. The molecule has 0 saturated carbocycles. The van der Waals surface area contributed by atoms with Crippen molar-refractivity contribution >= 4 is 27.5 Å². The SMILES string of the molecule is Cn1nc(-c2ccc(F)cc2)cc1C(=O)Nc1ccc(Br)cc1. The van der Waals surface area contributed by atoms with Gasteiger partial charge in [-0.3, -0.25) is 9.48 Å². The van der Waals surface area contributed by atoms with Gasteiger partial charge in [-0.25, -0.2) is 4.39 Å². The number of aromatic nitrogens is 2. The number of amides is 1. The number of carbonyl (C=O) groups excluding carboxylic acids is 1. The highest BCUT2D eigenvalue weighted by Gasteiger charge is 2.14. The summed E-state index contributed by atoms with van der Waals surface area (Å²) < 4.78 is 15.4. The molecule has 2 aromatic carbocycles. The molecule has 0 aliphatic heterocycles. The summed E-state index contributed by atoms with van der Waals surface area (Å²) in [5, 5.41) is 7.13. The van der Waals surface area contributed by atoms with E-state index < -0.39 is 0 Å². The molecule has 0 unspecified atom stereocenters. The van der Waals surface area contributed by atoms with E-state index in [0.29, 0.717) is 17.1 Å². The number of rotatable bonds is 3. The second-order valence-corrected chi connectivity index (χ2v) is 5.92. The van der Waals surface area contributed by atoms with Crippen LogP contribution in [0.3, 0.4) is 0 Å². The molecular weight excluding hydrogens is 361 g/mol. The fourth-order valence-electron chi connectivity index (χ4n) is 2.17. The van der Waals surface area contributed by atoms with Crippen LogP contribution < -0.4 is 5.32 Å². The molecule has 116 valence electrons. The van der Waals surface area contributed by atoms with Gasteiger partial charge in [-0.2, -0.15) is 5.10 Å². The van der Waals surface area contributed by atoms with Gasteiger partial charge in [0.05, 0.1) is 5.69 Å². The third-order valence-electron chi connectivity index (χ3n) is 3.35. The Hall–Kier alpha value is -2.47. The molecule has 1 heterocycles. The largest absolute Gasteiger partial charge is 0.321 e. The van der Waals surface area contributed by atoms with Crippen LogP contribution in [0.4, 0.5) is 10.1 Å². The highest BCUT2D eigenvalue weighted by molar-refractivity contribution is 9.10. The molecule has 6 heteroatoms. The Labute approximate surface area is 141 Å². The zero-order valence-corrected chi connectivity index (χ0v) is 13.8. The van der Waals surface area contributed by atoms with E-state index in [0.717, 1.165) is 10.0 Å². The molecule has 1 amide bonds. The first-order valence-electron chi connectivity index (χ1n) is 6.90. The third kappa shape index (κ3) is 3.48. The molecule has 3 rings (SSSR count). The number of nitrogens with zero attached hydrogens (tertiary/aromatic N) is 2. The summed E-state index contributed by atoms with van der Waals surface area (Å²) in [7, 11) is 1.70. The number of hydrogen-bond acceptors (Lipinski definition) is 2. The zero-order chi connectivity index (χ0) is 16.4. The predicted molar refractivity (Wildman–Crippen MR) is 90.7 cm³/mol. The average Bonchev–Trinajstić information content (AvgIpc) is 2.92. The second-order valence-electron chi connectivity index (χ2n) is 5.01. The third-order valence-corrected chi connectivity index (χ3v) is 3.88. The molecule has 4 nitrogen and oxygen atoms in total. The molecular formula is C17H13BrFN3O. The number of aryl methyl sites for hydroxylation is 1. The topological polar surface area (TPSA) is 46.9 Å². The number of anilines is 1. The first-order chi connectivity index (χ1) is 11.0. The lowest BCUT2D eigenvalue weighted by molar-refractivity contribution is 0.101. The average molecular weight is 374 g/mol. The summed E-state index contributed by atoms with van der Waals surface area (Å²) in [6, 6.07) is 15.0. The van der Waals surface area contributed by atoms with E-state index in [4.69, 9.17) is 0 Å². The van der Waals surface area contributed by atoms with Gasteiger partial charge in [0.25, 0.3) is 5.91 Å². The van der Waals surface area contributed by atoms with E-state index in [9.17, 15) is 9.18 Å². The van der Waals surface area contributed by atoms with E-state index in [2.05, 4.69) is 26.3 Å². The van der Waals surface area contributed by atoms with E-state index in [-0.39, 0.29) is 11.7 Å². The van der Waals surface area contributed by atoms with Gasteiger partial charge in [-0.15, -0.1) is 0 Å². The zero-order valence-electron chi connectivity index (χ0n) is 12.3. The Morgan fingerprint density at radius 2 is 1.78 bits per heavy atom. The monoisotopic (exact) mass is 373 g/mol. The van der Waals surface area contributed by atoms with Crippen LogP contribution >= 0.6 is 15.9 Å². The van der Waals surface area contributed by atoms with E-state index >= 15 is 0 Å². The molecule has 3 aromatic rings.